The largest absolute Gasteiger partial charge is 0.495 e. The number of ether oxygens (including phenoxy) is 5. The second-order valence-electron chi connectivity index (χ2n) is 21.3. The predicted octanol–water partition coefficient (Wildman–Crippen LogP) is 6.12. The lowest BCUT2D eigenvalue weighted by Gasteiger charge is -2.42. The van der Waals surface area contributed by atoms with Crippen LogP contribution in [0.2, 0.25) is 5.02 Å². The molecule has 452 valence electrons. The Kier molecular flexibility index (Phi) is 25.5. The van der Waals surface area contributed by atoms with Gasteiger partial charge in [0.2, 0.25) is 23.6 Å². The monoisotopic (exact) mass is 1290 g/mol. The molecule has 3 aliphatic heterocycles. The molecule has 10 N–H and O–H groups in total. The normalized spacial score (nSPS) is 24.9. The number of aliphatic hydroxyl groups is 1. The van der Waals surface area contributed by atoms with Crippen LogP contribution in [0.3, 0.4) is 0 Å². The van der Waals surface area contributed by atoms with Gasteiger partial charge >= 0.3 is 18.2 Å². The lowest BCUT2D eigenvalue weighted by atomic mass is 9.83. The molecule has 0 saturated carbocycles. The Labute approximate surface area is 500 Å². The van der Waals surface area contributed by atoms with Crippen LogP contribution in [-0.4, -0.2) is 152 Å². The van der Waals surface area contributed by atoms with Crippen molar-refractivity contribution in [3.05, 3.63) is 70.8 Å². The number of benzene rings is 2. The first-order valence-corrected chi connectivity index (χ1v) is 29.7. The first kappa shape index (κ1) is 67.0. The summed E-state index contributed by atoms with van der Waals surface area (Å²) in [5.74, 6) is -2.52. The molecule has 2 saturated heterocycles. The zero-order valence-corrected chi connectivity index (χ0v) is 51.4. The molecule has 2 fully saturated rings. The van der Waals surface area contributed by atoms with Crippen LogP contribution >= 0.6 is 43.5 Å². The molecule has 26 heteroatoms. The van der Waals surface area contributed by atoms with E-state index in [-0.39, 0.29) is 59.9 Å². The predicted molar refractivity (Wildman–Crippen MR) is 316 cm³/mol. The summed E-state index contributed by atoms with van der Waals surface area (Å²) in [5, 5.41) is 32.4. The van der Waals surface area contributed by atoms with Crippen LogP contribution in [0.4, 0.5) is 31.4 Å². The lowest BCUT2D eigenvalue weighted by Crippen LogP contribution is -2.63. The second kappa shape index (κ2) is 31.2. The van der Waals surface area contributed by atoms with Gasteiger partial charge in [-0.15, -0.1) is 0 Å². The molecule has 0 spiro atoms. The smallest absolute Gasteiger partial charge is 0.412 e. The number of aldehydes is 1. The van der Waals surface area contributed by atoms with E-state index in [1.54, 1.807) is 59.0 Å². The molecular formula is C56H78Br2ClN9O14. The van der Waals surface area contributed by atoms with Crippen LogP contribution in [0.1, 0.15) is 85.1 Å². The van der Waals surface area contributed by atoms with Crippen LogP contribution in [0.15, 0.2) is 60.2 Å². The fraction of sp³-hybridized carbons (Fsp3) is 0.571. The summed E-state index contributed by atoms with van der Waals surface area (Å²) in [6, 6.07) is 6.10. The van der Waals surface area contributed by atoms with E-state index < -0.39 is 102 Å². The van der Waals surface area contributed by atoms with Crippen molar-refractivity contribution in [3.63, 3.8) is 0 Å². The molecular weight excluding hydrogens is 1220 g/mol. The Morgan fingerprint density at radius 1 is 0.976 bits per heavy atom. The van der Waals surface area contributed by atoms with Gasteiger partial charge in [0.05, 0.1) is 43.3 Å². The second-order valence-corrected chi connectivity index (χ2v) is 23.0. The van der Waals surface area contributed by atoms with Crippen molar-refractivity contribution < 1.29 is 67.1 Å². The Morgan fingerprint density at radius 2 is 1.65 bits per heavy atom. The molecule has 23 nitrogen and oxygen atoms in total. The summed E-state index contributed by atoms with van der Waals surface area (Å²) in [5.41, 5.74) is 4.55. The SMILES string of the molecule is COc1cc2cc(c1Cl)N(C)C(=O)C[C@H](OC(=O)Nc1ccc(NC(=O)[C@H](CCCNC(N)=O)NC(=O)[C@@H](NC(C=O)CCCCNC(=O)C(CBr)CBr)C(C)C)cc1)[C@]1(C)O[C@H]1[C@H](C)[C@@H]1C[C@@](O)(NC(=O)O1)[C@H](OC)/C=C/C=C(\C)C2. The van der Waals surface area contributed by atoms with E-state index in [4.69, 9.17) is 41.0 Å². The number of carbonyl (C=O) groups excluding carboxylic acids is 8. The highest BCUT2D eigenvalue weighted by Crippen LogP contribution is 2.49. The minimum absolute atomic E-state index is 0.0874. The number of anilines is 3. The van der Waals surface area contributed by atoms with Crippen molar-refractivity contribution in [1.29, 1.82) is 0 Å². The maximum atomic E-state index is 14.4. The Balaban J connectivity index is 1.31. The Morgan fingerprint density at radius 3 is 2.27 bits per heavy atom. The van der Waals surface area contributed by atoms with E-state index >= 15 is 0 Å². The number of amides is 8. The fourth-order valence-corrected chi connectivity index (χ4v) is 11.8. The van der Waals surface area contributed by atoms with Gasteiger partial charge in [-0.2, -0.15) is 0 Å². The number of hydrogen-bond acceptors (Lipinski definition) is 15. The first-order chi connectivity index (χ1) is 38.9. The van der Waals surface area contributed by atoms with Gasteiger partial charge in [0.15, 0.2) is 5.72 Å². The van der Waals surface area contributed by atoms with Crippen LogP contribution in [-0.2, 0) is 49.3 Å². The molecule has 0 radical (unpaired) electrons. The molecule has 4 bridgehead atoms. The summed E-state index contributed by atoms with van der Waals surface area (Å²) in [6.07, 6.45) is 1.98. The number of nitrogens with zero attached hydrogens (tertiary/aromatic N) is 1. The standard InChI is InChI=1S/C56H78Br2ClN9O14/c1-31(2)47(63-38(30-69)14-9-10-21-61-49(71)35(28-57)29-58)51(73)66-39(15-12-22-62-52(60)74)50(72)64-36-17-19-37(20-18-36)65-53(75)81-44-26-45(70)68(6)40-24-34(25-41(78-7)46(40)59)23-32(3)13-11-16-43(79-8)56(77)27-42(80-54(76)67-56)33(4)48-55(44,5)82-48/h11,13,16-20,24-25,30-31,33,35,38-39,42-44,47-48,63,77H,9-10,12,14-15,21-23,26-29H2,1-8H3,(H,61,71)(H,64,72)(H,65,75)(H,66,73)(H,67,76)(H3,60,62,74)/b16-11+,32-13+/t33-,38?,39+,42+,43-,44+,47+,48+,55+,56+/m1/s1. The number of alkyl carbamates (subject to hydrolysis) is 1. The molecule has 2 aromatic carbocycles. The van der Waals surface area contributed by atoms with Crippen molar-refractivity contribution in [1.82, 2.24) is 26.6 Å². The third kappa shape index (κ3) is 18.6. The highest BCUT2D eigenvalue weighted by Gasteiger charge is 2.64. The number of epoxide rings is 1. The molecule has 1 unspecified atom stereocenters. The lowest BCUT2D eigenvalue weighted by molar-refractivity contribution is -0.142. The van der Waals surface area contributed by atoms with E-state index in [1.807, 2.05) is 13.0 Å². The zero-order valence-electron chi connectivity index (χ0n) is 47.4. The molecule has 5 rings (SSSR count). The van der Waals surface area contributed by atoms with Crippen molar-refractivity contribution in [2.45, 2.75) is 140 Å². The first-order valence-electron chi connectivity index (χ1n) is 27.1. The number of hydrogen-bond donors (Lipinski definition) is 9. The third-order valence-electron chi connectivity index (χ3n) is 14.7. The zero-order chi connectivity index (χ0) is 60.5. The number of allylic oxidation sites excluding steroid dienone is 3. The molecule has 10 atom stereocenters. The highest BCUT2D eigenvalue weighted by atomic mass is 79.9. The molecule has 2 aromatic rings. The third-order valence-corrected chi connectivity index (χ3v) is 16.6. The number of carbonyl (C=O) groups is 8. The molecule has 3 aliphatic rings. The Hall–Kier alpha value is -5.83. The number of nitrogens with one attached hydrogen (secondary N) is 7. The van der Waals surface area contributed by atoms with Gasteiger partial charge in [-0.1, -0.05) is 88.0 Å². The van der Waals surface area contributed by atoms with Crippen LogP contribution in [0.25, 0.3) is 0 Å². The summed E-state index contributed by atoms with van der Waals surface area (Å²) < 4.78 is 29.4. The number of alkyl halides is 2. The van der Waals surface area contributed by atoms with Crippen LogP contribution in [0.5, 0.6) is 5.75 Å². The van der Waals surface area contributed by atoms with Gasteiger partial charge in [0, 0.05) is 61.6 Å². The summed E-state index contributed by atoms with van der Waals surface area (Å²) in [7, 11) is 4.41. The topological polar surface area (TPSA) is 320 Å². The molecule has 82 heavy (non-hydrogen) atoms. The van der Waals surface area contributed by atoms with Crippen LogP contribution in [0, 0.1) is 17.8 Å². The van der Waals surface area contributed by atoms with E-state index in [9.17, 15) is 43.5 Å². The van der Waals surface area contributed by atoms with E-state index in [0.29, 0.717) is 54.3 Å². The number of halogens is 3. The number of unbranched alkanes of at least 4 members (excludes halogenated alkanes) is 1. The van der Waals surface area contributed by atoms with Crippen molar-refractivity contribution >= 4 is 109 Å². The van der Waals surface area contributed by atoms with Crippen molar-refractivity contribution in [2.24, 2.45) is 23.5 Å². The summed E-state index contributed by atoms with van der Waals surface area (Å²) in [4.78, 5) is 107. The number of primary amides is 1. The van der Waals surface area contributed by atoms with Gasteiger partial charge in [0.1, 0.15) is 47.0 Å². The fourth-order valence-electron chi connectivity index (χ4n) is 9.81. The number of urea groups is 1. The van der Waals surface area contributed by atoms with E-state index in [2.05, 4.69) is 69.1 Å². The minimum atomic E-state index is -1.89. The number of fused-ring (bicyclic) bond motifs is 5. The molecule has 0 aromatic heterocycles. The maximum Gasteiger partial charge on any atom is 0.412 e. The van der Waals surface area contributed by atoms with Gasteiger partial charge in [-0.3, -0.25) is 35.1 Å². The number of nitrogens with two attached hydrogens (primary N) is 1. The maximum absolute atomic E-state index is 14.4. The highest BCUT2D eigenvalue weighted by molar-refractivity contribution is 9.09. The summed E-state index contributed by atoms with van der Waals surface area (Å²) >= 11 is 13.5. The van der Waals surface area contributed by atoms with Crippen LogP contribution < -0.4 is 52.6 Å². The number of rotatable bonds is 24. The summed E-state index contributed by atoms with van der Waals surface area (Å²) in [6.45, 7) is 9.48. The minimum Gasteiger partial charge on any atom is -0.495 e. The van der Waals surface area contributed by atoms with Gasteiger partial charge in [-0.05, 0) is 100 Å². The van der Waals surface area contributed by atoms with Gasteiger partial charge in [-0.25, -0.2) is 14.4 Å². The van der Waals surface area contributed by atoms with Crippen molar-refractivity contribution in [2.75, 3.05) is 60.6 Å². The van der Waals surface area contributed by atoms with Gasteiger partial charge in [0.25, 0.3) is 0 Å². The van der Waals surface area contributed by atoms with Crippen molar-refractivity contribution in [3.8, 4) is 5.75 Å². The average Bonchev–Trinajstić information content (AvgIpc) is 2.07. The number of methoxy groups -OCH3 is 2. The van der Waals surface area contributed by atoms with E-state index in [0.717, 1.165) is 17.4 Å². The average molecular weight is 1300 g/mol. The molecule has 0 aliphatic carbocycles. The Bertz CT molecular complexity index is 2650. The van der Waals surface area contributed by atoms with E-state index in [1.165, 1.54) is 43.4 Å². The molecule has 8 amide bonds. The quantitative estimate of drug-likeness (QED) is 0.0248. The van der Waals surface area contributed by atoms with Gasteiger partial charge < -0.3 is 65.5 Å². The molecule has 3 heterocycles.